The summed E-state index contributed by atoms with van der Waals surface area (Å²) >= 11 is 3.16. The van der Waals surface area contributed by atoms with E-state index in [2.05, 4.69) is 36.2 Å². The van der Waals surface area contributed by atoms with Crippen LogP contribution in [-0.2, 0) is 6.54 Å². The van der Waals surface area contributed by atoms with Gasteiger partial charge in [-0.1, -0.05) is 6.07 Å². The number of pyridine rings is 1. The quantitative estimate of drug-likeness (QED) is 0.486. The smallest absolute Gasteiger partial charge is 0.323 e. The Morgan fingerprint density at radius 1 is 1.27 bits per heavy atom. The van der Waals surface area contributed by atoms with Gasteiger partial charge in [0.2, 0.25) is 5.82 Å². The molecule has 0 spiro atoms. The van der Waals surface area contributed by atoms with E-state index in [1.165, 1.54) is 12.3 Å². The van der Waals surface area contributed by atoms with Crippen molar-refractivity contribution in [2.75, 3.05) is 5.32 Å². The summed E-state index contributed by atoms with van der Waals surface area (Å²) in [5, 5.41) is 14.0. The third-order valence-corrected chi connectivity index (χ3v) is 3.50. The Kier molecular flexibility index (Phi) is 3.63. The van der Waals surface area contributed by atoms with E-state index in [1.807, 2.05) is 6.07 Å². The molecule has 0 unspecified atom stereocenters. The van der Waals surface area contributed by atoms with Crippen LogP contribution in [0.1, 0.15) is 5.56 Å². The van der Waals surface area contributed by atoms with E-state index in [9.17, 15) is 14.9 Å². The molecule has 9 heteroatoms. The molecule has 0 bridgehead atoms. The molecule has 0 saturated heterocycles. The second kappa shape index (κ2) is 5.60. The van der Waals surface area contributed by atoms with E-state index in [4.69, 9.17) is 0 Å². The molecule has 0 amide bonds. The molecule has 1 aromatic carbocycles. The van der Waals surface area contributed by atoms with Crippen molar-refractivity contribution < 1.29 is 4.92 Å². The van der Waals surface area contributed by atoms with E-state index in [0.29, 0.717) is 22.1 Å². The molecule has 0 saturated carbocycles. The van der Waals surface area contributed by atoms with E-state index in [0.717, 1.165) is 5.56 Å². The first-order chi connectivity index (χ1) is 10.5. The minimum Gasteiger partial charge on any atom is -0.360 e. The van der Waals surface area contributed by atoms with Crippen LogP contribution in [0.2, 0.25) is 0 Å². The summed E-state index contributed by atoms with van der Waals surface area (Å²) in [6.45, 7) is 0.346. The Labute approximate surface area is 131 Å². The normalized spacial score (nSPS) is 10.8. The summed E-state index contributed by atoms with van der Waals surface area (Å²) in [5.74, 6) is 0.191. The summed E-state index contributed by atoms with van der Waals surface area (Å²) < 4.78 is 0.538. The monoisotopic (exact) mass is 363 g/mol. The third kappa shape index (κ3) is 2.84. The van der Waals surface area contributed by atoms with Crippen molar-refractivity contribution >= 4 is 38.5 Å². The predicted octanol–water partition coefficient (Wildman–Crippen LogP) is 2.53. The number of fused-ring (bicyclic) bond motifs is 1. The van der Waals surface area contributed by atoms with Gasteiger partial charge in [0.05, 0.1) is 16.0 Å². The molecule has 3 aromatic rings. The fourth-order valence-corrected chi connectivity index (χ4v) is 2.40. The zero-order valence-electron chi connectivity index (χ0n) is 11.1. The average Bonchev–Trinajstić information content (AvgIpc) is 2.85. The van der Waals surface area contributed by atoms with Gasteiger partial charge in [-0.15, -0.1) is 0 Å². The molecular formula is C13H10BrN5O3. The number of hydrogen-bond acceptors (Lipinski definition) is 5. The van der Waals surface area contributed by atoms with Crippen LogP contribution in [0.15, 0.2) is 39.7 Å². The van der Waals surface area contributed by atoms with Crippen LogP contribution < -0.4 is 11.0 Å². The highest BCUT2D eigenvalue weighted by Gasteiger charge is 2.15. The summed E-state index contributed by atoms with van der Waals surface area (Å²) in [6.07, 6.45) is 1.49. The van der Waals surface area contributed by atoms with Gasteiger partial charge in [0.15, 0.2) is 0 Å². The van der Waals surface area contributed by atoms with Crippen molar-refractivity contribution in [1.82, 2.24) is 15.0 Å². The Balaban J connectivity index is 1.84. The highest BCUT2D eigenvalue weighted by molar-refractivity contribution is 9.10. The van der Waals surface area contributed by atoms with Gasteiger partial charge in [-0.25, -0.2) is 9.78 Å². The molecule has 2 aromatic heterocycles. The molecule has 3 rings (SSSR count). The highest BCUT2D eigenvalue weighted by Crippen LogP contribution is 2.25. The van der Waals surface area contributed by atoms with Gasteiger partial charge in [0.1, 0.15) is 0 Å². The maximum Gasteiger partial charge on any atom is 0.323 e. The van der Waals surface area contributed by atoms with Crippen molar-refractivity contribution in [1.29, 1.82) is 0 Å². The Hall–Kier alpha value is -2.68. The maximum atomic E-state index is 11.2. The number of nitrogens with one attached hydrogen (secondary N) is 3. The fraction of sp³-hybridized carbons (Fsp3) is 0.0769. The first-order valence-corrected chi connectivity index (χ1v) is 7.07. The summed E-state index contributed by atoms with van der Waals surface area (Å²) in [7, 11) is 0. The summed E-state index contributed by atoms with van der Waals surface area (Å²) in [6, 6.07) is 6.78. The van der Waals surface area contributed by atoms with Crippen LogP contribution in [-0.4, -0.2) is 19.9 Å². The molecule has 8 nitrogen and oxygen atoms in total. The molecule has 0 aliphatic carbocycles. The summed E-state index contributed by atoms with van der Waals surface area (Å²) in [5.41, 5.74) is 1.88. The molecule has 0 fully saturated rings. The van der Waals surface area contributed by atoms with E-state index >= 15 is 0 Å². The number of imidazole rings is 1. The zero-order chi connectivity index (χ0) is 15.7. The number of aromatic nitrogens is 3. The highest BCUT2D eigenvalue weighted by atomic mass is 79.9. The van der Waals surface area contributed by atoms with Crippen LogP contribution in [0.25, 0.3) is 11.0 Å². The Bertz CT molecular complexity index is 917. The van der Waals surface area contributed by atoms with Crippen molar-refractivity contribution in [3.8, 4) is 0 Å². The molecule has 2 heterocycles. The summed E-state index contributed by atoms with van der Waals surface area (Å²) in [4.78, 5) is 31.1. The zero-order valence-corrected chi connectivity index (χ0v) is 12.7. The van der Waals surface area contributed by atoms with E-state index in [1.54, 1.807) is 12.1 Å². The molecule has 112 valence electrons. The minimum absolute atomic E-state index is 0.106. The number of anilines is 1. The van der Waals surface area contributed by atoms with Crippen LogP contribution in [0, 0.1) is 10.1 Å². The van der Waals surface area contributed by atoms with Gasteiger partial charge >= 0.3 is 11.4 Å². The predicted molar refractivity (Wildman–Crippen MR) is 84.8 cm³/mol. The lowest BCUT2D eigenvalue weighted by Gasteiger charge is -2.06. The number of nitrogens with zero attached hydrogens (tertiary/aromatic N) is 2. The van der Waals surface area contributed by atoms with Crippen molar-refractivity contribution in [3.05, 3.63) is 61.1 Å². The lowest BCUT2D eigenvalue weighted by atomic mass is 10.2. The van der Waals surface area contributed by atoms with Crippen molar-refractivity contribution in [2.45, 2.75) is 6.54 Å². The molecule has 3 N–H and O–H groups in total. The maximum absolute atomic E-state index is 11.2. The van der Waals surface area contributed by atoms with Crippen LogP contribution in [0.5, 0.6) is 0 Å². The third-order valence-electron chi connectivity index (χ3n) is 3.07. The fourth-order valence-electron chi connectivity index (χ4n) is 2.08. The van der Waals surface area contributed by atoms with E-state index in [-0.39, 0.29) is 17.2 Å². The molecular weight excluding hydrogens is 354 g/mol. The number of H-pyrrole nitrogens is 2. The van der Waals surface area contributed by atoms with E-state index < -0.39 is 4.92 Å². The van der Waals surface area contributed by atoms with Gasteiger partial charge in [0.25, 0.3) is 0 Å². The van der Waals surface area contributed by atoms with Gasteiger partial charge in [-0.2, -0.15) is 0 Å². The number of hydrogen-bond donors (Lipinski definition) is 3. The van der Waals surface area contributed by atoms with Gasteiger partial charge in [-0.05, 0) is 33.6 Å². The molecule has 0 radical (unpaired) electrons. The van der Waals surface area contributed by atoms with Crippen LogP contribution in [0.4, 0.5) is 11.5 Å². The van der Waals surface area contributed by atoms with Gasteiger partial charge in [0, 0.05) is 23.3 Å². The first-order valence-electron chi connectivity index (χ1n) is 6.27. The number of rotatable bonds is 4. The second-order valence-corrected chi connectivity index (χ2v) is 5.51. The van der Waals surface area contributed by atoms with Crippen molar-refractivity contribution in [3.63, 3.8) is 0 Å². The first kappa shape index (κ1) is 14.3. The van der Waals surface area contributed by atoms with Gasteiger partial charge < -0.3 is 15.3 Å². The average molecular weight is 364 g/mol. The second-order valence-electron chi connectivity index (χ2n) is 4.59. The van der Waals surface area contributed by atoms with Crippen molar-refractivity contribution in [2.24, 2.45) is 0 Å². The molecule has 0 atom stereocenters. The number of benzene rings is 1. The Morgan fingerprint density at radius 3 is 2.82 bits per heavy atom. The number of halogens is 1. The minimum atomic E-state index is -0.493. The number of nitro groups is 1. The topological polar surface area (TPSA) is 117 Å². The van der Waals surface area contributed by atoms with Crippen LogP contribution in [0.3, 0.4) is 0 Å². The molecule has 0 aliphatic rings. The molecule has 22 heavy (non-hydrogen) atoms. The number of aromatic amines is 2. The largest absolute Gasteiger partial charge is 0.360 e. The Morgan fingerprint density at radius 2 is 2.05 bits per heavy atom. The lowest BCUT2D eigenvalue weighted by molar-refractivity contribution is -0.384. The lowest BCUT2D eigenvalue weighted by Crippen LogP contribution is -2.04. The van der Waals surface area contributed by atoms with Crippen LogP contribution >= 0.6 is 15.9 Å². The SMILES string of the molecule is O=c1[nH]c2ccc(CNc3ncc(Br)cc3[N+](=O)[O-])cc2[nH]1. The van der Waals surface area contributed by atoms with Gasteiger partial charge in [-0.3, -0.25) is 10.1 Å². The molecule has 0 aliphatic heterocycles. The standard InChI is InChI=1S/C13H10BrN5O3/c14-8-4-11(19(21)22)12(16-6-8)15-5-7-1-2-9-10(3-7)18-13(20)17-9/h1-4,6H,5H2,(H,15,16)(H2,17,18,20).